The van der Waals surface area contributed by atoms with Crippen molar-refractivity contribution in [2.24, 2.45) is 5.92 Å². The van der Waals surface area contributed by atoms with Gasteiger partial charge in [-0.05, 0) is 29.7 Å². The second-order valence-electron chi connectivity index (χ2n) is 5.67. The van der Waals surface area contributed by atoms with Crippen LogP contribution in [0.5, 0.6) is 0 Å². The van der Waals surface area contributed by atoms with Crippen molar-refractivity contribution in [1.82, 2.24) is 14.8 Å². The lowest BCUT2D eigenvalue weighted by molar-refractivity contribution is 0.489. The highest BCUT2D eigenvalue weighted by Crippen LogP contribution is 2.29. The van der Waals surface area contributed by atoms with Crippen molar-refractivity contribution in [2.75, 3.05) is 0 Å². The van der Waals surface area contributed by atoms with E-state index in [1.807, 2.05) is 36.4 Å². The minimum atomic E-state index is 0.486. The molecule has 0 spiro atoms. The standard InChI is InChI=1S/C17H18ClN3OS/c1-12(2)10-21-16(15-8-5-9-22-15)19-20-17(21)23-11-13-6-3-4-7-14(13)18/h3-9,12H,10-11H2,1-2H3. The number of thioether (sulfide) groups is 1. The van der Waals surface area contributed by atoms with Gasteiger partial charge in [-0.2, -0.15) is 0 Å². The number of benzene rings is 1. The van der Waals surface area contributed by atoms with Gasteiger partial charge in [-0.1, -0.05) is 55.4 Å². The first kappa shape index (κ1) is 16.1. The third-order valence-corrected chi connectivity index (χ3v) is 4.71. The smallest absolute Gasteiger partial charge is 0.200 e. The SMILES string of the molecule is CC(C)Cn1c(SCc2ccccc2Cl)nnc1-c1ccco1. The van der Waals surface area contributed by atoms with Crippen LogP contribution in [0.2, 0.25) is 5.02 Å². The van der Waals surface area contributed by atoms with Gasteiger partial charge in [0.2, 0.25) is 0 Å². The Bertz CT molecular complexity index is 768. The maximum absolute atomic E-state index is 6.23. The summed E-state index contributed by atoms with van der Waals surface area (Å²) < 4.78 is 7.60. The van der Waals surface area contributed by atoms with Crippen molar-refractivity contribution in [3.05, 3.63) is 53.2 Å². The zero-order chi connectivity index (χ0) is 16.2. The molecule has 0 saturated heterocycles. The van der Waals surface area contributed by atoms with E-state index in [2.05, 4.69) is 28.6 Å². The first-order valence-corrected chi connectivity index (χ1v) is 8.85. The topological polar surface area (TPSA) is 43.9 Å². The fourth-order valence-corrected chi connectivity index (χ4v) is 3.50. The van der Waals surface area contributed by atoms with Gasteiger partial charge in [-0.25, -0.2) is 0 Å². The van der Waals surface area contributed by atoms with E-state index < -0.39 is 0 Å². The Kier molecular flexibility index (Phi) is 5.08. The number of furan rings is 1. The third-order valence-electron chi connectivity index (χ3n) is 3.32. The van der Waals surface area contributed by atoms with Crippen molar-refractivity contribution in [3.63, 3.8) is 0 Å². The molecule has 0 N–H and O–H groups in total. The maximum Gasteiger partial charge on any atom is 0.200 e. The summed E-state index contributed by atoms with van der Waals surface area (Å²) in [4.78, 5) is 0. The molecule has 1 aromatic carbocycles. The van der Waals surface area contributed by atoms with Gasteiger partial charge in [0, 0.05) is 17.3 Å². The van der Waals surface area contributed by atoms with E-state index in [1.54, 1.807) is 18.0 Å². The lowest BCUT2D eigenvalue weighted by atomic mass is 10.2. The summed E-state index contributed by atoms with van der Waals surface area (Å²) in [6.45, 7) is 5.19. The normalized spacial score (nSPS) is 11.3. The first-order chi connectivity index (χ1) is 11.1. The van der Waals surface area contributed by atoms with Crippen LogP contribution in [0.15, 0.2) is 52.2 Å². The average Bonchev–Trinajstić information content (AvgIpc) is 3.16. The van der Waals surface area contributed by atoms with Gasteiger partial charge >= 0.3 is 0 Å². The van der Waals surface area contributed by atoms with Gasteiger partial charge in [0.1, 0.15) is 0 Å². The van der Waals surface area contributed by atoms with E-state index in [-0.39, 0.29) is 0 Å². The zero-order valence-corrected chi connectivity index (χ0v) is 14.6. The molecule has 0 bridgehead atoms. The van der Waals surface area contributed by atoms with Crippen molar-refractivity contribution in [1.29, 1.82) is 0 Å². The summed E-state index contributed by atoms with van der Waals surface area (Å²) in [5.74, 6) is 2.75. The molecule has 0 saturated carbocycles. The monoisotopic (exact) mass is 347 g/mol. The molecule has 23 heavy (non-hydrogen) atoms. The zero-order valence-electron chi connectivity index (χ0n) is 13.1. The minimum Gasteiger partial charge on any atom is -0.461 e. The van der Waals surface area contributed by atoms with Crippen LogP contribution in [0.4, 0.5) is 0 Å². The minimum absolute atomic E-state index is 0.486. The molecule has 0 atom stereocenters. The number of aromatic nitrogens is 3. The molecule has 3 aromatic rings. The van der Waals surface area contributed by atoms with Crippen molar-refractivity contribution >= 4 is 23.4 Å². The molecule has 4 nitrogen and oxygen atoms in total. The highest BCUT2D eigenvalue weighted by atomic mass is 35.5. The fraction of sp³-hybridized carbons (Fsp3) is 0.294. The summed E-state index contributed by atoms with van der Waals surface area (Å²) in [6, 6.07) is 11.6. The van der Waals surface area contributed by atoms with Gasteiger partial charge in [0.05, 0.1) is 6.26 Å². The Labute approximate surface area is 144 Å². The molecule has 0 aliphatic carbocycles. The Hall–Kier alpha value is -1.72. The summed E-state index contributed by atoms with van der Waals surface area (Å²) in [7, 11) is 0. The Balaban J connectivity index is 1.85. The van der Waals surface area contributed by atoms with Crippen molar-refractivity contribution in [3.8, 4) is 11.6 Å². The van der Waals surface area contributed by atoms with E-state index in [0.29, 0.717) is 5.92 Å². The number of hydrogen-bond acceptors (Lipinski definition) is 4. The Morgan fingerprint density at radius 1 is 1.17 bits per heavy atom. The summed E-state index contributed by atoms with van der Waals surface area (Å²) in [6.07, 6.45) is 1.65. The number of rotatable bonds is 6. The van der Waals surface area contributed by atoms with Crippen LogP contribution < -0.4 is 0 Å². The highest BCUT2D eigenvalue weighted by molar-refractivity contribution is 7.98. The van der Waals surface area contributed by atoms with Crippen molar-refractivity contribution < 1.29 is 4.42 Å². The van der Waals surface area contributed by atoms with Crippen LogP contribution in [0, 0.1) is 5.92 Å². The van der Waals surface area contributed by atoms with Crippen LogP contribution in [0.25, 0.3) is 11.6 Å². The third kappa shape index (κ3) is 3.79. The Morgan fingerprint density at radius 2 is 2.00 bits per heavy atom. The molecular weight excluding hydrogens is 330 g/mol. The molecule has 0 amide bonds. The van der Waals surface area contributed by atoms with E-state index >= 15 is 0 Å². The van der Waals surface area contributed by atoms with E-state index in [9.17, 15) is 0 Å². The molecule has 0 fully saturated rings. The predicted octanol–water partition coefficient (Wildman–Crippen LogP) is 5.14. The molecule has 0 aliphatic heterocycles. The molecular formula is C17H18ClN3OS. The van der Waals surface area contributed by atoms with E-state index in [1.165, 1.54) is 0 Å². The lowest BCUT2D eigenvalue weighted by Crippen LogP contribution is -2.07. The van der Waals surface area contributed by atoms with Gasteiger partial charge in [-0.3, -0.25) is 4.57 Å². The fourth-order valence-electron chi connectivity index (χ4n) is 2.27. The highest BCUT2D eigenvalue weighted by Gasteiger charge is 2.17. The molecule has 0 radical (unpaired) electrons. The van der Waals surface area contributed by atoms with Crippen molar-refractivity contribution in [2.45, 2.75) is 31.3 Å². The van der Waals surface area contributed by atoms with Gasteiger partial charge < -0.3 is 4.42 Å². The maximum atomic E-state index is 6.23. The first-order valence-electron chi connectivity index (χ1n) is 7.48. The van der Waals surface area contributed by atoms with Gasteiger partial charge in [-0.15, -0.1) is 10.2 Å². The second-order valence-corrected chi connectivity index (χ2v) is 7.02. The summed E-state index contributed by atoms with van der Waals surface area (Å²) >= 11 is 7.87. The van der Waals surface area contributed by atoms with Crippen LogP contribution in [-0.4, -0.2) is 14.8 Å². The molecule has 2 aromatic heterocycles. The molecule has 120 valence electrons. The van der Waals surface area contributed by atoms with Crippen LogP contribution in [-0.2, 0) is 12.3 Å². The number of nitrogens with zero attached hydrogens (tertiary/aromatic N) is 3. The predicted molar refractivity (Wildman–Crippen MR) is 93.6 cm³/mol. The lowest BCUT2D eigenvalue weighted by Gasteiger charge is -2.11. The summed E-state index contributed by atoms with van der Waals surface area (Å²) in [5.41, 5.74) is 1.10. The summed E-state index contributed by atoms with van der Waals surface area (Å²) in [5, 5.41) is 10.3. The van der Waals surface area contributed by atoms with E-state index in [0.717, 1.165) is 39.6 Å². The van der Waals surface area contributed by atoms with Gasteiger partial charge in [0.25, 0.3) is 0 Å². The number of hydrogen-bond donors (Lipinski definition) is 0. The average molecular weight is 348 g/mol. The van der Waals surface area contributed by atoms with E-state index in [4.69, 9.17) is 16.0 Å². The molecule has 3 rings (SSSR count). The largest absolute Gasteiger partial charge is 0.461 e. The second kappa shape index (κ2) is 7.23. The number of halogens is 1. The molecule has 0 unspecified atom stereocenters. The molecule has 2 heterocycles. The Morgan fingerprint density at radius 3 is 2.70 bits per heavy atom. The van der Waals surface area contributed by atoms with Gasteiger partial charge in [0.15, 0.2) is 16.7 Å². The molecule has 0 aliphatic rings. The van der Waals surface area contributed by atoms with Crippen LogP contribution in [0.3, 0.4) is 0 Å². The molecule has 6 heteroatoms. The van der Waals surface area contributed by atoms with Crippen LogP contribution in [0.1, 0.15) is 19.4 Å². The van der Waals surface area contributed by atoms with Crippen LogP contribution >= 0.6 is 23.4 Å². The quantitative estimate of drug-likeness (QED) is 0.579.